The smallest absolute Gasteiger partial charge is 0.468 e. The van der Waals surface area contributed by atoms with Gasteiger partial charge in [0.2, 0.25) is 0 Å². The van der Waals surface area contributed by atoms with Crippen LogP contribution in [-0.4, -0.2) is 25.0 Å². The molecule has 0 amide bonds. The van der Waals surface area contributed by atoms with Crippen LogP contribution in [0.4, 0.5) is 13.2 Å². The summed E-state index contributed by atoms with van der Waals surface area (Å²) in [6.45, 7) is 3.45. The molecule has 0 saturated heterocycles. The van der Waals surface area contributed by atoms with Crippen LogP contribution in [0.5, 0.6) is 5.75 Å². The van der Waals surface area contributed by atoms with E-state index in [0.29, 0.717) is 5.56 Å². The first-order valence-electron chi connectivity index (χ1n) is 5.82. The van der Waals surface area contributed by atoms with Gasteiger partial charge in [0.25, 0.3) is 0 Å². The molecule has 1 rings (SSSR count). The van der Waals surface area contributed by atoms with Crippen molar-refractivity contribution in [3.05, 3.63) is 29.8 Å². The number of ether oxygens (including phenoxy) is 2. The van der Waals surface area contributed by atoms with Crippen LogP contribution in [0, 0.1) is 0 Å². The number of nitrogens with one attached hydrogen (secondary N) is 1. The molecular weight excluding hydrogens is 275 g/mol. The number of methoxy groups -OCH3 is 1. The van der Waals surface area contributed by atoms with Gasteiger partial charge in [-0.2, -0.15) is 0 Å². The molecule has 0 aliphatic carbocycles. The Bertz CT molecular complexity index is 472. The number of rotatable bonds is 5. The van der Waals surface area contributed by atoms with Gasteiger partial charge >= 0.3 is 12.3 Å². The van der Waals surface area contributed by atoms with Gasteiger partial charge in [-0.25, -0.2) is 0 Å². The first kappa shape index (κ1) is 16.3. The molecule has 0 unspecified atom stereocenters. The van der Waals surface area contributed by atoms with Crippen molar-refractivity contribution in [1.29, 1.82) is 0 Å². The first-order valence-corrected chi connectivity index (χ1v) is 5.82. The van der Waals surface area contributed by atoms with Crippen LogP contribution in [0.3, 0.4) is 0 Å². The molecule has 0 bridgehead atoms. The lowest BCUT2D eigenvalue weighted by atomic mass is 10.1. The van der Waals surface area contributed by atoms with Gasteiger partial charge < -0.3 is 9.47 Å². The molecule has 0 aliphatic rings. The largest absolute Gasteiger partial charge is 0.573 e. The fourth-order valence-electron chi connectivity index (χ4n) is 1.50. The average Bonchev–Trinajstić information content (AvgIpc) is 2.34. The fraction of sp³-hybridized carbons (Fsp3) is 0.462. The predicted molar refractivity (Wildman–Crippen MR) is 66.1 cm³/mol. The summed E-state index contributed by atoms with van der Waals surface area (Å²) in [5.74, 6) is -0.757. The third kappa shape index (κ3) is 5.08. The Morgan fingerprint density at radius 2 is 1.95 bits per heavy atom. The van der Waals surface area contributed by atoms with Crippen molar-refractivity contribution < 1.29 is 27.4 Å². The van der Waals surface area contributed by atoms with Crippen LogP contribution in [0.2, 0.25) is 0 Å². The number of alkyl halides is 3. The Morgan fingerprint density at radius 1 is 1.30 bits per heavy atom. The van der Waals surface area contributed by atoms with E-state index >= 15 is 0 Å². The van der Waals surface area contributed by atoms with Crippen molar-refractivity contribution in [2.75, 3.05) is 7.11 Å². The Labute approximate surface area is 114 Å². The molecule has 0 spiro atoms. The third-order valence-electron chi connectivity index (χ3n) is 2.56. The normalized spacial score (nSPS) is 12.1. The second kappa shape index (κ2) is 6.13. The summed E-state index contributed by atoms with van der Waals surface area (Å²) in [4.78, 5) is 11.5. The van der Waals surface area contributed by atoms with Crippen molar-refractivity contribution in [3.8, 4) is 5.75 Å². The quantitative estimate of drug-likeness (QED) is 0.847. The van der Waals surface area contributed by atoms with Gasteiger partial charge in [-0.05, 0) is 31.5 Å². The van der Waals surface area contributed by atoms with Crippen LogP contribution in [-0.2, 0) is 16.1 Å². The van der Waals surface area contributed by atoms with E-state index in [1.54, 1.807) is 19.9 Å². The average molecular weight is 291 g/mol. The lowest BCUT2D eigenvalue weighted by molar-refractivity contribution is -0.274. The van der Waals surface area contributed by atoms with Gasteiger partial charge in [0.1, 0.15) is 11.3 Å². The maximum Gasteiger partial charge on any atom is 0.573 e. The zero-order chi connectivity index (χ0) is 15.4. The van der Waals surface area contributed by atoms with Gasteiger partial charge in [-0.1, -0.05) is 12.1 Å². The fourth-order valence-corrected chi connectivity index (χ4v) is 1.50. The highest BCUT2D eigenvalue weighted by atomic mass is 19.4. The van der Waals surface area contributed by atoms with E-state index in [1.165, 1.54) is 25.3 Å². The predicted octanol–water partition coefficient (Wildman–Crippen LogP) is 2.63. The maximum atomic E-state index is 12.1. The molecule has 7 heteroatoms. The standard InChI is InChI=1S/C13H16F3NO3/c1-12(2,11(18)19-3)17-8-9-5-4-6-10(7-9)20-13(14,15)16/h4-7,17H,8H2,1-3H3. The number of hydrogen-bond acceptors (Lipinski definition) is 4. The third-order valence-corrected chi connectivity index (χ3v) is 2.56. The zero-order valence-electron chi connectivity index (χ0n) is 11.4. The van der Waals surface area contributed by atoms with Crippen LogP contribution in [0.15, 0.2) is 24.3 Å². The van der Waals surface area contributed by atoms with Crippen LogP contribution < -0.4 is 10.1 Å². The minimum absolute atomic E-state index is 0.206. The van der Waals surface area contributed by atoms with E-state index in [4.69, 9.17) is 0 Å². The van der Waals surface area contributed by atoms with E-state index < -0.39 is 17.9 Å². The highest BCUT2D eigenvalue weighted by molar-refractivity contribution is 5.79. The lowest BCUT2D eigenvalue weighted by Crippen LogP contribution is -2.46. The van der Waals surface area contributed by atoms with Crippen molar-refractivity contribution in [1.82, 2.24) is 5.32 Å². The van der Waals surface area contributed by atoms with E-state index in [2.05, 4.69) is 14.8 Å². The number of halogens is 3. The van der Waals surface area contributed by atoms with Crippen molar-refractivity contribution in [2.45, 2.75) is 32.3 Å². The molecule has 0 atom stereocenters. The van der Waals surface area contributed by atoms with E-state index in [1.807, 2.05) is 0 Å². The summed E-state index contributed by atoms with van der Waals surface area (Å²) >= 11 is 0. The Kier molecular flexibility index (Phi) is 4.99. The molecule has 0 saturated carbocycles. The molecule has 0 heterocycles. The second-order valence-electron chi connectivity index (χ2n) is 4.67. The Hall–Kier alpha value is -1.76. The molecule has 1 aromatic carbocycles. The topological polar surface area (TPSA) is 47.6 Å². The van der Waals surface area contributed by atoms with Gasteiger partial charge in [-0.15, -0.1) is 13.2 Å². The van der Waals surface area contributed by atoms with Gasteiger partial charge in [0.05, 0.1) is 7.11 Å². The highest BCUT2D eigenvalue weighted by Gasteiger charge is 2.31. The molecule has 0 fully saturated rings. The zero-order valence-corrected chi connectivity index (χ0v) is 11.4. The molecule has 0 aliphatic heterocycles. The molecule has 0 aromatic heterocycles. The molecule has 20 heavy (non-hydrogen) atoms. The number of benzene rings is 1. The SMILES string of the molecule is COC(=O)C(C)(C)NCc1cccc(OC(F)(F)F)c1. The molecule has 1 N–H and O–H groups in total. The van der Waals surface area contributed by atoms with E-state index in [0.717, 1.165) is 0 Å². The summed E-state index contributed by atoms with van der Waals surface area (Å²) < 4.78 is 44.7. The molecular formula is C13H16F3NO3. The number of hydrogen-bond donors (Lipinski definition) is 1. The number of carbonyl (C=O) groups excluding carboxylic acids is 1. The number of esters is 1. The van der Waals surface area contributed by atoms with Crippen LogP contribution >= 0.6 is 0 Å². The number of carbonyl (C=O) groups is 1. The minimum Gasteiger partial charge on any atom is -0.468 e. The monoisotopic (exact) mass is 291 g/mol. The van der Waals surface area contributed by atoms with Crippen LogP contribution in [0.25, 0.3) is 0 Å². The van der Waals surface area contributed by atoms with Crippen molar-refractivity contribution in [2.24, 2.45) is 0 Å². The van der Waals surface area contributed by atoms with Crippen molar-refractivity contribution in [3.63, 3.8) is 0 Å². The molecule has 4 nitrogen and oxygen atoms in total. The van der Waals surface area contributed by atoms with Crippen molar-refractivity contribution >= 4 is 5.97 Å². The summed E-state index contributed by atoms with van der Waals surface area (Å²) in [5, 5.41) is 2.90. The molecule has 0 radical (unpaired) electrons. The summed E-state index contributed by atoms with van der Waals surface area (Å²) in [7, 11) is 1.27. The maximum absolute atomic E-state index is 12.1. The van der Waals surface area contributed by atoms with Gasteiger partial charge in [0.15, 0.2) is 0 Å². The van der Waals surface area contributed by atoms with Crippen LogP contribution in [0.1, 0.15) is 19.4 Å². The summed E-state index contributed by atoms with van der Waals surface area (Å²) in [6.07, 6.45) is -4.72. The molecule has 112 valence electrons. The minimum atomic E-state index is -4.72. The lowest BCUT2D eigenvalue weighted by Gasteiger charge is -2.23. The Morgan fingerprint density at radius 3 is 2.50 bits per heavy atom. The van der Waals surface area contributed by atoms with Gasteiger partial charge in [-0.3, -0.25) is 10.1 Å². The summed E-state index contributed by atoms with van der Waals surface area (Å²) in [5.41, 5.74) is -0.376. The highest BCUT2D eigenvalue weighted by Crippen LogP contribution is 2.23. The summed E-state index contributed by atoms with van der Waals surface area (Å²) in [6, 6.07) is 5.54. The first-order chi connectivity index (χ1) is 9.14. The van der Waals surface area contributed by atoms with Gasteiger partial charge in [0, 0.05) is 6.54 Å². The van der Waals surface area contributed by atoms with E-state index in [-0.39, 0.29) is 12.3 Å². The molecule has 1 aromatic rings. The van der Waals surface area contributed by atoms with E-state index in [9.17, 15) is 18.0 Å². The second-order valence-corrected chi connectivity index (χ2v) is 4.67. The Balaban J connectivity index is 2.70.